The number of carbonyl (C=O) groups is 1. The Morgan fingerprint density at radius 1 is 1.31 bits per heavy atom. The summed E-state index contributed by atoms with van der Waals surface area (Å²) >= 11 is 0. The van der Waals surface area contributed by atoms with Crippen molar-refractivity contribution in [3.8, 4) is 0 Å². The maximum absolute atomic E-state index is 12.1. The van der Waals surface area contributed by atoms with Crippen molar-refractivity contribution < 1.29 is 4.79 Å². The fourth-order valence-electron chi connectivity index (χ4n) is 2.05. The van der Waals surface area contributed by atoms with Crippen LogP contribution in [0.25, 0.3) is 0 Å². The second-order valence-corrected chi connectivity index (χ2v) is 6.61. The Morgan fingerprint density at radius 3 is 2.25 bits per heavy atom. The topological polar surface area (TPSA) is 29.1 Å². The van der Waals surface area contributed by atoms with Gasteiger partial charge >= 0.3 is 0 Å². The quantitative estimate of drug-likeness (QED) is 0.763. The Labute approximate surface area is 100 Å². The fraction of sp³-hybridized carbons (Fsp3) is 0.929. The van der Waals surface area contributed by atoms with Gasteiger partial charge in [-0.15, -0.1) is 0 Å². The van der Waals surface area contributed by atoms with Gasteiger partial charge in [-0.05, 0) is 45.4 Å². The molecule has 1 unspecified atom stereocenters. The maximum atomic E-state index is 12.1. The Morgan fingerprint density at radius 2 is 1.88 bits per heavy atom. The molecule has 0 aromatic carbocycles. The lowest BCUT2D eigenvalue weighted by Crippen LogP contribution is -2.45. The average Bonchev–Trinajstić information content (AvgIpc) is 2.83. The van der Waals surface area contributed by atoms with Crippen molar-refractivity contribution in [1.29, 1.82) is 0 Å². The van der Waals surface area contributed by atoms with E-state index in [1.165, 1.54) is 19.3 Å². The Bertz CT molecular complexity index is 236. The summed E-state index contributed by atoms with van der Waals surface area (Å²) in [5.74, 6) is 1.80. The number of amides is 1. The SMILES string of the molecule is CC(C)C(CCC1CC1)C(=O)NC(C)(C)C. The third kappa shape index (κ3) is 5.00. The van der Waals surface area contributed by atoms with E-state index in [1.54, 1.807) is 0 Å². The first kappa shape index (κ1) is 13.5. The summed E-state index contributed by atoms with van der Waals surface area (Å²) in [6.07, 6.45) is 5.06. The summed E-state index contributed by atoms with van der Waals surface area (Å²) < 4.78 is 0. The Kier molecular flexibility index (Phi) is 4.40. The highest BCUT2D eigenvalue weighted by atomic mass is 16.2. The van der Waals surface area contributed by atoms with E-state index < -0.39 is 0 Å². The monoisotopic (exact) mass is 225 g/mol. The zero-order valence-corrected chi connectivity index (χ0v) is 11.5. The number of rotatable bonds is 5. The number of nitrogens with one attached hydrogen (secondary N) is 1. The second kappa shape index (κ2) is 5.20. The van der Waals surface area contributed by atoms with Crippen LogP contribution in [-0.4, -0.2) is 11.4 Å². The van der Waals surface area contributed by atoms with Crippen LogP contribution in [0, 0.1) is 17.8 Å². The lowest BCUT2D eigenvalue weighted by Gasteiger charge is -2.27. The molecule has 0 saturated heterocycles. The van der Waals surface area contributed by atoms with Crippen LogP contribution in [0.5, 0.6) is 0 Å². The third-order valence-corrected chi connectivity index (χ3v) is 3.22. The minimum atomic E-state index is -0.107. The highest BCUT2D eigenvalue weighted by molar-refractivity contribution is 5.79. The van der Waals surface area contributed by atoms with Crippen LogP contribution in [0.4, 0.5) is 0 Å². The average molecular weight is 225 g/mol. The van der Waals surface area contributed by atoms with Crippen LogP contribution in [0.2, 0.25) is 0 Å². The molecule has 0 radical (unpaired) electrons. The third-order valence-electron chi connectivity index (χ3n) is 3.22. The van der Waals surface area contributed by atoms with Crippen molar-refractivity contribution in [2.24, 2.45) is 17.8 Å². The van der Waals surface area contributed by atoms with Gasteiger partial charge < -0.3 is 5.32 Å². The molecule has 1 amide bonds. The zero-order chi connectivity index (χ0) is 12.3. The van der Waals surface area contributed by atoms with E-state index in [0.717, 1.165) is 12.3 Å². The van der Waals surface area contributed by atoms with Gasteiger partial charge in [0.2, 0.25) is 5.91 Å². The largest absolute Gasteiger partial charge is 0.351 e. The van der Waals surface area contributed by atoms with Gasteiger partial charge in [0.1, 0.15) is 0 Å². The molecule has 1 N–H and O–H groups in total. The molecule has 1 aliphatic rings. The molecule has 1 saturated carbocycles. The first-order valence-corrected chi connectivity index (χ1v) is 6.61. The van der Waals surface area contributed by atoms with E-state index in [4.69, 9.17) is 0 Å². The molecule has 0 spiro atoms. The molecular weight excluding hydrogens is 198 g/mol. The molecule has 94 valence electrons. The van der Waals surface area contributed by atoms with Crippen molar-refractivity contribution in [3.63, 3.8) is 0 Å². The predicted molar refractivity (Wildman–Crippen MR) is 68.2 cm³/mol. The lowest BCUT2D eigenvalue weighted by molar-refractivity contribution is -0.128. The first-order valence-electron chi connectivity index (χ1n) is 6.61. The van der Waals surface area contributed by atoms with E-state index in [-0.39, 0.29) is 17.4 Å². The van der Waals surface area contributed by atoms with Gasteiger partial charge in [-0.2, -0.15) is 0 Å². The van der Waals surface area contributed by atoms with E-state index in [1.807, 2.05) is 20.8 Å². The van der Waals surface area contributed by atoms with Crippen LogP contribution in [0.15, 0.2) is 0 Å². The van der Waals surface area contributed by atoms with Crippen molar-refractivity contribution in [3.05, 3.63) is 0 Å². The molecule has 1 atom stereocenters. The molecule has 0 aromatic heterocycles. The van der Waals surface area contributed by atoms with Crippen molar-refractivity contribution in [2.45, 2.75) is 65.8 Å². The highest BCUT2D eigenvalue weighted by Crippen LogP contribution is 2.35. The van der Waals surface area contributed by atoms with Crippen LogP contribution in [0.1, 0.15) is 60.3 Å². The van der Waals surface area contributed by atoms with Gasteiger partial charge in [-0.25, -0.2) is 0 Å². The smallest absolute Gasteiger partial charge is 0.223 e. The summed E-state index contributed by atoms with van der Waals surface area (Å²) in [5.41, 5.74) is -0.107. The van der Waals surface area contributed by atoms with E-state index >= 15 is 0 Å². The maximum Gasteiger partial charge on any atom is 0.223 e. The number of hydrogen-bond donors (Lipinski definition) is 1. The van der Waals surface area contributed by atoms with Gasteiger partial charge in [0.25, 0.3) is 0 Å². The predicted octanol–water partition coefficient (Wildman–Crippen LogP) is 3.36. The minimum Gasteiger partial charge on any atom is -0.351 e. The van der Waals surface area contributed by atoms with Gasteiger partial charge in [-0.3, -0.25) is 4.79 Å². The summed E-state index contributed by atoms with van der Waals surface area (Å²) in [6.45, 7) is 10.4. The molecule has 0 aromatic rings. The standard InChI is InChI=1S/C14H27NO/c1-10(2)12(9-8-11-6-7-11)13(16)15-14(3,4)5/h10-12H,6-9H2,1-5H3,(H,15,16). The molecular formula is C14H27NO. The summed E-state index contributed by atoms with van der Waals surface area (Å²) in [4.78, 5) is 12.1. The molecule has 1 aliphatic carbocycles. The van der Waals surface area contributed by atoms with Crippen molar-refractivity contribution in [1.82, 2.24) is 5.32 Å². The van der Waals surface area contributed by atoms with Gasteiger partial charge in [0.15, 0.2) is 0 Å². The summed E-state index contributed by atoms with van der Waals surface area (Å²) in [7, 11) is 0. The molecule has 2 heteroatoms. The van der Waals surface area contributed by atoms with E-state index in [0.29, 0.717) is 5.92 Å². The van der Waals surface area contributed by atoms with Crippen molar-refractivity contribution >= 4 is 5.91 Å². The lowest BCUT2D eigenvalue weighted by atomic mass is 9.88. The molecule has 1 rings (SSSR count). The Balaban J connectivity index is 2.43. The molecule has 0 aliphatic heterocycles. The zero-order valence-electron chi connectivity index (χ0n) is 11.5. The fourth-order valence-corrected chi connectivity index (χ4v) is 2.05. The molecule has 0 heterocycles. The molecule has 2 nitrogen and oxygen atoms in total. The summed E-state index contributed by atoms with van der Waals surface area (Å²) in [6, 6.07) is 0. The van der Waals surface area contributed by atoms with Gasteiger partial charge in [0, 0.05) is 11.5 Å². The van der Waals surface area contributed by atoms with E-state index in [9.17, 15) is 4.79 Å². The van der Waals surface area contributed by atoms with E-state index in [2.05, 4.69) is 19.2 Å². The normalized spacial score (nSPS) is 18.6. The number of hydrogen-bond acceptors (Lipinski definition) is 1. The van der Waals surface area contributed by atoms with Crippen LogP contribution >= 0.6 is 0 Å². The van der Waals surface area contributed by atoms with Crippen molar-refractivity contribution in [2.75, 3.05) is 0 Å². The van der Waals surface area contributed by atoms with Crippen LogP contribution < -0.4 is 5.32 Å². The molecule has 1 fully saturated rings. The minimum absolute atomic E-state index is 0.107. The van der Waals surface area contributed by atoms with Gasteiger partial charge in [-0.1, -0.05) is 26.7 Å². The first-order chi connectivity index (χ1) is 7.29. The Hall–Kier alpha value is -0.530. The van der Waals surface area contributed by atoms with Gasteiger partial charge in [0.05, 0.1) is 0 Å². The van der Waals surface area contributed by atoms with Crippen LogP contribution in [0.3, 0.4) is 0 Å². The highest BCUT2D eigenvalue weighted by Gasteiger charge is 2.28. The second-order valence-electron chi connectivity index (χ2n) is 6.61. The molecule has 16 heavy (non-hydrogen) atoms. The summed E-state index contributed by atoms with van der Waals surface area (Å²) in [5, 5.41) is 3.11. The molecule has 0 bridgehead atoms. The number of carbonyl (C=O) groups excluding carboxylic acids is 1. The van der Waals surface area contributed by atoms with Crippen LogP contribution in [-0.2, 0) is 4.79 Å².